The summed E-state index contributed by atoms with van der Waals surface area (Å²) in [5.74, 6) is 0.263. The average molecular weight is 371 g/mol. The Morgan fingerprint density at radius 2 is 1.92 bits per heavy atom. The van der Waals surface area contributed by atoms with Gasteiger partial charge in [0.2, 0.25) is 11.8 Å². The van der Waals surface area contributed by atoms with Crippen LogP contribution in [0, 0.1) is 0 Å². The molecule has 1 fully saturated rings. The Kier molecular flexibility index (Phi) is 4.29. The van der Waals surface area contributed by atoms with Gasteiger partial charge >= 0.3 is 5.97 Å². The first kappa shape index (κ1) is 16.5. The lowest BCUT2D eigenvalue weighted by Gasteiger charge is -2.36. The Hall–Kier alpha value is -2.94. The van der Waals surface area contributed by atoms with Gasteiger partial charge in [-0.25, -0.2) is 14.8 Å². The molecule has 4 rings (SSSR count). The maximum absolute atomic E-state index is 10.9. The number of nitrogens with zero attached hydrogens (tertiary/aromatic N) is 5. The third-order valence-electron chi connectivity index (χ3n) is 4.35. The van der Waals surface area contributed by atoms with E-state index in [1.165, 1.54) is 6.07 Å². The number of ether oxygens (including phenoxy) is 1. The minimum Gasteiger partial charge on any atom is -0.480 e. The largest absolute Gasteiger partial charge is 0.480 e. The van der Waals surface area contributed by atoms with Crippen LogP contribution in [0.3, 0.4) is 0 Å². The van der Waals surface area contributed by atoms with Gasteiger partial charge in [-0.3, -0.25) is 0 Å². The molecule has 3 aromatic heterocycles. The molecule has 0 amide bonds. The first-order chi connectivity index (χ1) is 12.7. The SMILES string of the molecule is COc1nc(N2CCN(c3ccc(C(=O)O)nc3)CC2)nc2ccsc12. The molecule has 1 saturated heterocycles. The number of piperazine rings is 1. The van der Waals surface area contributed by atoms with E-state index in [1.807, 2.05) is 11.4 Å². The van der Waals surface area contributed by atoms with Crippen molar-refractivity contribution >= 4 is 39.2 Å². The quantitative estimate of drug-likeness (QED) is 0.746. The number of anilines is 2. The van der Waals surface area contributed by atoms with E-state index < -0.39 is 5.97 Å². The van der Waals surface area contributed by atoms with Gasteiger partial charge in [-0.2, -0.15) is 4.98 Å². The smallest absolute Gasteiger partial charge is 0.354 e. The van der Waals surface area contributed by atoms with Crippen LogP contribution in [0.25, 0.3) is 10.2 Å². The number of hydrogen-bond donors (Lipinski definition) is 1. The highest BCUT2D eigenvalue weighted by Crippen LogP contribution is 2.30. The molecule has 0 aromatic carbocycles. The van der Waals surface area contributed by atoms with Gasteiger partial charge < -0.3 is 19.6 Å². The summed E-state index contributed by atoms with van der Waals surface area (Å²) in [5.41, 5.74) is 1.87. The molecule has 1 N–H and O–H groups in total. The standard InChI is InChI=1S/C17H17N5O3S/c1-25-15-14-12(4-9-26-14)19-17(20-15)22-7-5-21(6-8-22)11-2-3-13(16(23)24)18-10-11/h2-4,9-10H,5-8H2,1H3,(H,23,24). The molecular weight excluding hydrogens is 354 g/mol. The highest BCUT2D eigenvalue weighted by Gasteiger charge is 2.21. The molecular formula is C17H17N5O3S. The van der Waals surface area contributed by atoms with Crippen LogP contribution in [-0.4, -0.2) is 59.3 Å². The van der Waals surface area contributed by atoms with Crippen LogP contribution in [0.2, 0.25) is 0 Å². The number of thiophene rings is 1. The van der Waals surface area contributed by atoms with Crippen molar-refractivity contribution in [2.24, 2.45) is 0 Å². The van der Waals surface area contributed by atoms with E-state index in [0.717, 1.165) is 42.1 Å². The number of fused-ring (bicyclic) bond motifs is 1. The summed E-state index contributed by atoms with van der Waals surface area (Å²) in [4.78, 5) is 28.4. The number of aromatic nitrogens is 3. The molecule has 9 heteroatoms. The fourth-order valence-corrected chi connectivity index (χ4v) is 3.77. The fourth-order valence-electron chi connectivity index (χ4n) is 2.97. The summed E-state index contributed by atoms with van der Waals surface area (Å²) in [6.45, 7) is 3.09. The van der Waals surface area contributed by atoms with Gasteiger partial charge in [0.05, 0.1) is 24.5 Å². The molecule has 4 heterocycles. The molecule has 1 aliphatic rings. The normalized spacial score (nSPS) is 14.7. The first-order valence-electron chi connectivity index (χ1n) is 8.14. The van der Waals surface area contributed by atoms with Gasteiger partial charge in [0.1, 0.15) is 10.4 Å². The second-order valence-electron chi connectivity index (χ2n) is 5.85. The van der Waals surface area contributed by atoms with Crippen molar-refractivity contribution in [3.05, 3.63) is 35.5 Å². The Morgan fingerprint density at radius 1 is 1.15 bits per heavy atom. The predicted octanol–water partition coefficient (Wildman–Crippen LogP) is 2.12. The molecule has 1 aliphatic heterocycles. The monoisotopic (exact) mass is 371 g/mol. The average Bonchev–Trinajstić information content (AvgIpc) is 3.16. The van der Waals surface area contributed by atoms with Crippen LogP contribution in [0.15, 0.2) is 29.8 Å². The zero-order chi connectivity index (χ0) is 18.1. The topological polar surface area (TPSA) is 91.7 Å². The van der Waals surface area contributed by atoms with E-state index in [2.05, 4.69) is 24.8 Å². The van der Waals surface area contributed by atoms with E-state index in [9.17, 15) is 4.79 Å². The number of aromatic carboxylic acids is 1. The van der Waals surface area contributed by atoms with Gasteiger partial charge in [-0.05, 0) is 23.6 Å². The van der Waals surface area contributed by atoms with Crippen molar-refractivity contribution in [2.75, 3.05) is 43.1 Å². The number of carboxylic acid groups (broad SMARTS) is 1. The summed E-state index contributed by atoms with van der Waals surface area (Å²) < 4.78 is 6.36. The number of carboxylic acids is 1. The highest BCUT2D eigenvalue weighted by molar-refractivity contribution is 7.17. The van der Waals surface area contributed by atoms with Crippen LogP contribution < -0.4 is 14.5 Å². The summed E-state index contributed by atoms with van der Waals surface area (Å²) in [7, 11) is 1.62. The Balaban J connectivity index is 1.49. The third-order valence-corrected chi connectivity index (χ3v) is 5.24. The van der Waals surface area contributed by atoms with Gasteiger partial charge in [0.15, 0.2) is 0 Å². The van der Waals surface area contributed by atoms with Gasteiger partial charge in [-0.15, -0.1) is 11.3 Å². The van der Waals surface area contributed by atoms with E-state index in [4.69, 9.17) is 9.84 Å². The Morgan fingerprint density at radius 3 is 2.58 bits per heavy atom. The van der Waals surface area contributed by atoms with Gasteiger partial charge in [0, 0.05) is 26.2 Å². The molecule has 26 heavy (non-hydrogen) atoms. The summed E-state index contributed by atoms with van der Waals surface area (Å²) in [5, 5.41) is 10.9. The van der Waals surface area contributed by atoms with Crippen LogP contribution in [0.1, 0.15) is 10.5 Å². The van der Waals surface area contributed by atoms with Crippen LogP contribution in [0.5, 0.6) is 5.88 Å². The lowest BCUT2D eigenvalue weighted by molar-refractivity contribution is 0.0690. The Bertz CT molecular complexity index is 935. The molecule has 0 spiro atoms. The molecule has 3 aromatic rings. The minimum atomic E-state index is -1.02. The van der Waals surface area contributed by atoms with Crippen LogP contribution in [0.4, 0.5) is 11.6 Å². The highest BCUT2D eigenvalue weighted by atomic mass is 32.1. The zero-order valence-corrected chi connectivity index (χ0v) is 14.9. The molecule has 0 atom stereocenters. The zero-order valence-electron chi connectivity index (χ0n) is 14.1. The predicted molar refractivity (Wildman–Crippen MR) is 99.6 cm³/mol. The number of methoxy groups -OCH3 is 1. The maximum Gasteiger partial charge on any atom is 0.354 e. The van der Waals surface area contributed by atoms with Crippen molar-refractivity contribution in [3.63, 3.8) is 0 Å². The van der Waals surface area contributed by atoms with E-state index in [-0.39, 0.29) is 5.69 Å². The maximum atomic E-state index is 10.9. The van der Waals surface area contributed by atoms with Gasteiger partial charge in [-0.1, -0.05) is 0 Å². The van der Waals surface area contributed by atoms with Crippen molar-refractivity contribution in [1.29, 1.82) is 0 Å². The molecule has 0 unspecified atom stereocenters. The summed E-state index contributed by atoms with van der Waals surface area (Å²) >= 11 is 1.57. The molecule has 0 aliphatic carbocycles. The molecule has 0 bridgehead atoms. The van der Waals surface area contributed by atoms with Crippen molar-refractivity contribution in [3.8, 4) is 5.88 Å². The molecule has 8 nitrogen and oxygen atoms in total. The Labute approximate surface area is 153 Å². The first-order valence-corrected chi connectivity index (χ1v) is 9.02. The minimum absolute atomic E-state index is 0.0527. The van der Waals surface area contributed by atoms with Crippen LogP contribution in [-0.2, 0) is 0 Å². The van der Waals surface area contributed by atoms with Crippen molar-refractivity contribution in [2.45, 2.75) is 0 Å². The fraction of sp³-hybridized carbons (Fsp3) is 0.294. The lowest BCUT2D eigenvalue weighted by atomic mass is 10.2. The van der Waals surface area contributed by atoms with Crippen LogP contribution >= 0.6 is 11.3 Å². The third kappa shape index (κ3) is 3.01. The second-order valence-corrected chi connectivity index (χ2v) is 6.76. The summed E-state index contributed by atoms with van der Waals surface area (Å²) in [6, 6.07) is 5.30. The number of hydrogen-bond acceptors (Lipinski definition) is 8. The molecule has 134 valence electrons. The molecule has 0 radical (unpaired) electrons. The number of rotatable bonds is 4. The van der Waals surface area contributed by atoms with Gasteiger partial charge in [0.25, 0.3) is 0 Å². The van der Waals surface area contributed by atoms with E-state index in [1.54, 1.807) is 30.7 Å². The van der Waals surface area contributed by atoms with Crippen molar-refractivity contribution < 1.29 is 14.6 Å². The van der Waals surface area contributed by atoms with E-state index >= 15 is 0 Å². The lowest BCUT2D eigenvalue weighted by Crippen LogP contribution is -2.47. The second kappa shape index (κ2) is 6.75. The van der Waals surface area contributed by atoms with E-state index in [0.29, 0.717) is 11.8 Å². The molecule has 0 saturated carbocycles. The van der Waals surface area contributed by atoms with Crippen molar-refractivity contribution in [1.82, 2.24) is 15.0 Å². The number of carbonyl (C=O) groups is 1. The number of pyridine rings is 1. The summed E-state index contributed by atoms with van der Waals surface area (Å²) in [6.07, 6.45) is 1.61.